The van der Waals surface area contributed by atoms with Crippen LogP contribution in [0.25, 0.3) is 11.2 Å². The molecule has 10 heteroatoms. The highest BCUT2D eigenvalue weighted by Gasteiger charge is 2.15. The number of carbonyl (C=O) groups is 1. The molecule has 3 aromatic heterocycles. The number of amides is 1. The summed E-state index contributed by atoms with van der Waals surface area (Å²) in [5, 5.41) is 6.21. The fraction of sp³-hybridized carbons (Fsp3) is 0.308. The summed E-state index contributed by atoms with van der Waals surface area (Å²) in [6.07, 6.45) is 0. The van der Waals surface area contributed by atoms with Crippen LogP contribution in [0.2, 0.25) is 0 Å². The molecule has 120 valence electrons. The van der Waals surface area contributed by atoms with Gasteiger partial charge in [-0.25, -0.2) is 9.78 Å². The molecule has 0 saturated heterocycles. The molecule has 10 nitrogen and oxygen atoms in total. The van der Waals surface area contributed by atoms with Gasteiger partial charge >= 0.3 is 5.69 Å². The molecular formula is C13H14N6O4. The van der Waals surface area contributed by atoms with E-state index in [1.54, 1.807) is 6.92 Å². The minimum atomic E-state index is -0.472. The third kappa shape index (κ3) is 2.43. The predicted molar refractivity (Wildman–Crippen MR) is 79.0 cm³/mol. The SMILES string of the molecule is Cc1cc(C(=O)NCc2nc3c([nH]2)c(=O)n(C)c(=O)n3C)no1. The quantitative estimate of drug-likeness (QED) is 0.650. The third-order valence-electron chi connectivity index (χ3n) is 3.42. The summed E-state index contributed by atoms with van der Waals surface area (Å²) in [5.74, 6) is 0.452. The molecule has 0 fully saturated rings. The molecule has 3 heterocycles. The number of fused-ring (bicyclic) bond motifs is 1. The van der Waals surface area contributed by atoms with E-state index in [0.29, 0.717) is 11.6 Å². The van der Waals surface area contributed by atoms with Crippen LogP contribution in [-0.2, 0) is 20.6 Å². The number of H-pyrrole nitrogens is 1. The number of hydrogen-bond acceptors (Lipinski definition) is 6. The molecule has 0 atom stereocenters. The number of nitrogens with one attached hydrogen (secondary N) is 2. The Hall–Kier alpha value is -3.17. The van der Waals surface area contributed by atoms with Gasteiger partial charge in [-0.15, -0.1) is 0 Å². The molecule has 2 N–H and O–H groups in total. The zero-order chi connectivity index (χ0) is 16.7. The molecular weight excluding hydrogens is 304 g/mol. The van der Waals surface area contributed by atoms with Crippen molar-refractivity contribution in [2.45, 2.75) is 13.5 Å². The lowest BCUT2D eigenvalue weighted by Gasteiger charge is -2.00. The predicted octanol–water partition coefficient (Wildman–Crippen LogP) is -0.813. The number of imidazole rings is 1. The lowest BCUT2D eigenvalue weighted by atomic mass is 10.3. The van der Waals surface area contributed by atoms with Crippen molar-refractivity contribution in [3.63, 3.8) is 0 Å². The number of hydrogen-bond donors (Lipinski definition) is 2. The second-order valence-electron chi connectivity index (χ2n) is 5.09. The highest BCUT2D eigenvalue weighted by molar-refractivity contribution is 5.92. The minimum Gasteiger partial charge on any atom is -0.361 e. The topological polar surface area (TPSA) is 128 Å². The van der Waals surface area contributed by atoms with Crippen molar-refractivity contribution in [3.8, 4) is 0 Å². The van der Waals surface area contributed by atoms with Gasteiger partial charge in [0.05, 0.1) is 6.54 Å². The van der Waals surface area contributed by atoms with Crippen LogP contribution in [0.15, 0.2) is 20.2 Å². The fourth-order valence-corrected chi connectivity index (χ4v) is 2.19. The first-order valence-corrected chi connectivity index (χ1v) is 6.74. The number of rotatable bonds is 3. The number of aromatic amines is 1. The molecule has 0 aliphatic rings. The van der Waals surface area contributed by atoms with Crippen molar-refractivity contribution in [1.82, 2.24) is 29.6 Å². The molecule has 0 radical (unpaired) electrons. The van der Waals surface area contributed by atoms with Gasteiger partial charge in [-0.3, -0.25) is 18.7 Å². The van der Waals surface area contributed by atoms with Gasteiger partial charge in [-0.05, 0) is 6.92 Å². The molecule has 23 heavy (non-hydrogen) atoms. The van der Waals surface area contributed by atoms with Gasteiger partial charge in [0.2, 0.25) is 0 Å². The summed E-state index contributed by atoms with van der Waals surface area (Å²) >= 11 is 0. The summed E-state index contributed by atoms with van der Waals surface area (Å²) in [7, 11) is 2.91. The largest absolute Gasteiger partial charge is 0.361 e. The summed E-state index contributed by atoms with van der Waals surface area (Å²) in [6.45, 7) is 1.73. The van der Waals surface area contributed by atoms with Crippen LogP contribution in [0.4, 0.5) is 0 Å². The van der Waals surface area contributed by atoms with E-state index >= 15 is 0 Å². The average molecular weight is 318 g/mol. The Bertz CT molecular complexity index is 1020. The van der Waals surface area contributed by atoms with Crippen molar-refractivity contribution >= 4 is 17.1 Å². The van der Waals surface area contributed by atoms with Gasteiger partial charge in [-0.1, -0.05) is 5.16 Å². The molecule has 3 aromatic rings. The Morgan fingerprint density at radius 3 is 2.74 bits per heavy atom. The number of carbonyl (C=O) groups excluding carboxylic acids is 1. The van der Waals surface area contributed by atoms with E-state index in [4.69, 9.17) is 4.52 Å². The van der Waals surface area contributed by atoms with E-state index in [1.807, 2.05) is 0 Å². The van der Waals surface area contributed by atoms with E-state index < -0.39 is 17.2 Å². The van der Waals surface area contributed by atoms with Crippen molar-refractivity contribution in [2.75, 3.05) is 0 Å². The number of nitrogens with zero attached hydrogens (tertiary/aromatic N) is 4. The Labute approximate surface area is 128 Å². The van der Waals surface area contributed by atoms with Crippen LogP contribution in [0.5, 0.6) is 0 Å². The average Bonchev–Trinajstić information content (AvgIpc) is 3.15. The Morgan fingerprint density at radius 2 is 2.09 bits per heavy atom. The standard InChI is InChI=1S/C13H14N6O4/c1-6-4-7(17-23-6)11(20)14-5-8-15-9-10(16-8)18(2)13(22)19(3)12(9)21/h4H,5H2,1-3H3,(H,14,20)(H,15,16). The van der Waals surface area contributed by atoms with E-state index in [-0.39, 0.29) is 23.4 Å². The van der Waals surface area contributed by atoms with Crippen LogP contribution in [0.3, 0.4) is 0 Å². The van der Waals surface area contributed by atoms with Crippen LogP contribution < -0.4 is 16.6 Å². The fourth-order valence-electron chi connectivity index (χ4n) is 2.19. The van der Waals surface area contributed by atoms with Gasteiger partial charge in [0.25, 0.3) is 11.5 Å². The summed E-state index contributed by atoms with van der Waals surface area (Å²) in [4.78, 5) is 42.8. The molecule has 0 saturated carbocycles. The first kappa shape index (κ1) is 14.8. The van der Waals surface area contributed by atoms with Gasteiger partial charge in [-0.2, -0.15) is 0 Å². The maximum Gasteiger partial charge on any atom is 0.332 e. The zero-order valence-corrected chi connectivity index (χ0v) is 12.7. The molecule has 3 rings (SSSR count). The molecule has 0 aliphatic heterocycles. The van der Waals surface area contributed by atoms with Crippen LogP contribution in [-0.4, -0.2) is 30.2 Å². The summed E-state index contributed by atoms with van der Waals surface area (Å²) in [5.41, 5.74) is -0.347. The van der Waals surface area contributed by atoms with Gasteiger partial charge in [0.1, 0.15) is 17.1 Å². The first-order chi connectivity index (χ1) is 10.9. The lowest BCUT2D eigenvalue weighted by molar-refractivity contribution is 0.0941. The maximum absolute atomic E-state index is 12.0. The third-order valence-corrected chi connectivity index (χ3v) is 3.42. The van der Waals surface area contributed by atoms with Crippen LogP contribution in [0, 0.1) is 6.92 Å². The van der Waals surface area contributed by atoms with Gasteiger partial charge in [0, 0.05) is 20.2 Å². The minimum absolute atomic E-state index is 0.0523. The molecule has 0 bridgehead atoms. The molecule has 0 unspecified atom stereocenters. The Morgan fingerprint density at radius 1 is 1.35 bits per heavy atom. The highest BCUT2D eigenvalue weighted by atomic mass is 16.5. The summed E-state index contributed by atoms with van der Waals surface area (Å²) < 4.78 is 7.08. The maximum atomic E-state index is 12.0. The van der Waals surface area contributed by atoms with Crippen molar-refractivity contribution in [1.29, 1.82) is 0 Å². The van der Waals surface area contributed by atoms with Crippen molar-refractivity contribution < 1.29 is 9.32 Å². The van der Waals surface area contributed by atoms with Crippen molar-refractivity contribution in [3.05, 3.63) is 44.2 Å². The van der Waals surface area contributed by atoms with Crippen LogP contribution in [0.1, 0.15) is 22.1 Å². The second kappa shape index (κ2) is 5.23. The van der Waals surface area contributed by atoms with Gasteiger partial charge < -0.3 is 14.8 Å². The normalized spacial score (nSPS) is 11.1. The van der Waals surface area contributed by atoms with Gasteiger partial charge in [0.15, 0.2) is 11.3 Å². The zero-order valence-electron chi connectivity index (χ0n) is 12.7. The highest BCUT2D eigenvalue weighted by Crippen LogP contribution is 2.05. The van der Waals surface area contributed by atoms with Crippen LogP contribution >= 0.6 is 0 Å². The first-order valence-electron chi connectivity index (χ1n) is 6.74. The monoisotopic (exact) mass is 318 g/mol. The van der Waals surface area contributed by atoms with E-state index in [2.05, 4.69) is 20.4 Å². The Kier molecular flexibility index (Phi) is 3.36. The molecule has 1 amide bonds. The van der Waals surface area contributed by atoms with E-state index in [0.717, 1.165) is 4.57 Å². The molecule has 0 spiro atoms. The van der Waals surface area contributed by atoms with Crippen molar-refractivity contribution in [2.24, 2.45) is 14.1 Å². The molecule has 0 aliphatic carbocycles. The Balaban J connectivity index is 1.89. The lowest BCUT2D eigenvalue weighted by Crippen LogP contribution is -2.36. The second-order valence-corrected chi connectivity index (χ2v) is 5.09. The molecule has 0 aromatic carbocycles. The smallest absolute Gasteiger partial charge is 0.332 e. The number of aryl methyl sites for hydroxylation is 2. The van der Waals surface area contributed by atoms with E-state index in [9.17, 15) is 14.4 Å². The summed E-state index contributed by atoms with van der Waals surface area (Å²) in [6, 6.07) is 1.51. The number of aromatic nitrogens is 5. The van der Waals surface area contributed by atoms with E-state index in [1.165, 1.54) is 24.7 Å².